The molecule has 1 aliphatic heterocycles. The summed E-state index contributed by atoms with van der Waals surface area (Å²) in [6.07, 6.45) is 4.00. The van der Waals surface area contributed by atoms with Crippen LogP contribution in [-0.4, -0.2) is 59.8 Å². The van der Waals surface area contributed by atoms with Gasteiger partial charge in [-0.1, -0.05) is 19.1 Å². The van der Waals surface area contributed by atoms with Gasteiger partial charge in [-0.05, 0) is 64.5 Å². The Morgan fingerprint density at radius 1 is 1.13 bits per heavy atom. The van der Waals surface area contributed by atoms with E-state index < -0.39 is 6.04 Å². The largest absolute Gasteiger partial charge is 0.329 e. The van der Waals surface area contributed by atoms with Crippen LogP contribution in [0.25, 0.3) is 22.0 Å². The van der Waals surface area contributed by atoms with Crippen LogP contribution in [0.4, 0.5) is 5.82 Å². The molecule has 0 saturated carbocycles. The molecule has 0 bridgehead atoms. The fraction of sp³-hybridized carbons (Fsp3) is 0.296. The van der Waals surface area contributed by atoms with Crippen molar-refractivity contribution in [2.45, 2.75) is 39.8 Å². The van der Waals surface area contributed by atoms with E-state index in [4.69, 9.17) is 0 Å². The highest BCUT2D eigenvalue weighted by atomic mass is 127. The second-order valence-corrected chi connectivity index (χ2v) is 11.5. The second kappa shape index (κ2) is 11.1. The highest BCUT2D eigenvalue weighted by Crippen LogP contribution is 2.29. The van der Waals surface area contributed by atoms with Crippen molar-refractivity contribution in [3.63, 3.8) is 0 Å². The summed E-state index contributed by atoms with van der Waals surface area (Å²) < 4.78 is 2.79. The summed E-state index contributed by atoms with van der Waals surface area (Å²) >= 11 is 5.38. The van der Waals surface area contributed by atoms with Crippen molar-refractivity contribution in [1.82, 2.24) is 29.6 Å². The number of aromatic nitrogens is 5. The Kier molecular flexibility index (Phi) is 7.76. The molecule has 3 aromatic heterocycles. The van der Waals surface area contributed by atoms with Gasteiger partial charge in [-0.2, -0.15) is 5.10 Å². The first-order valence-electron chi connectivity index (χ1n) is 12.3. The molecule has 1 N–H and O–H groups in total. The van der Waals surface area contributed by atoms with E-state index in [2.05, 4.69) is 41.3 Å². The molecule has 2 amide bonds. The minimum atomic E-state index is -0.630. The Labute approximate surface area is 246 Å². The molecular formula is C27H25BrIN7O3. The average molecular weight is 702 g/mol. The number of pyridine rings is 1. The highest BCUT2D eigenvalue weighted by molar-refractivity contribution is 14.1. The molecule has 10 nitrogen and oxygen atoms in total. The Hall–Kier alpha value is -3.26. The zero-order valence-corrected chi connectivity index (χ0v) is 25.2. The van der Waals surface area contributed by atoms with Gasteiger partial charge >= 0.3 is 0 Å². The minimum Gasteiger partial charge on any atom is -0.329 e. The van der Waals surface area contributed by atoms with Gasteiger partial charge in [0.05, 0.1) is 5.52 Å². The van der Waals surface area contributed by atoms with Gasteiger partial charge in [0.15, 0.2) is 9.61 Å². The molecule has 0 radical (unpaired) electrons. The maximum absolute atomic E-state index is 13.6. The Morgan fingerprint density at radius 3 is 2.59 bits per heavy atom. The van der Waals surface area contributed by atoms with Gasteiger partial charge < -0.3 is 10.2 Å². The van der Waals surface area contributed by atoms with Crippen LogP contribution in [0.1, 0.15) is 36.3 Å². The Balaban J connectivity index is 1.41. The number of hydrogen-bond acceptors (Lipinski definition) is 7. The molecule has 4 aromatic rings. The van der Waals surface area contributed by atoms with E-state index in [0.29, 0.717) is 38.1 Å². The van der Waals surface area contributed by atoms with Gasteiger partial charge in [0.1, 0.15) is 28.7 Å². The smallest absolute Gasteiger partial charge is 0.248 e. The lowest BCUT2D eigenvalue weighted by Gasteiger charge is -2.24. The molecule has 200 valence electrons. The van der Waals surface area contributed by atoms with Crippen LogP contribution in [0, 0.1) is 16.7 Å². The topological polar surface area (TPSA) is 123 Å². The second-order valence-electron chi connectivity index (χ2n) is 9.73. The number of benzene rings is 1. The van der Waals surface area contributed by atoms with Crippen molar-refractivity contribution in [3.8, 4) is 11.1 Å². The van der Waals surface area contributed by atoms with E-state index in [1.165, 1.54) is 6.92 Å². The normalized spacial score (nSPS) is 17.0. The SMILES string of the molecule is CC(=O)c1nn(CC(=O)N2C[C@H](C)C[C@H]2C(=O)Nc2nc(Br)ccc2C)c2ccc(-c3cnc(I)nc3)cc12. The summed E-state index contributed by atoms with van der Waals surface area (Å²) in [6.45, 7) is 5.69. The number of nitrogens with one attached hydrogen (secondary N) is 1. The van der Waals surface area contributed by atoms with Gasteiger partial charge in [-0.3, -0.25) is 19.1 Å². The molecule has 2 atom stereocenters. The van der Waals surface area contributed by atoms with Crippen molar-refractivity contribution in [1.29, 1.82) is 0 Å². The molecule has 5 rings (SSSR count). The monoisotopic (exact) mass is 701 g/mol. The van der Waals surface area contributed by atoms with E-state index in [1.54, 1.807) is 28.0 Å². The van der Waals surface area contributed by atoms with Crippen molar-refractivity contribution in [3.05, 3.63) is 62.4 Å². The quantitative estimate of drug-likeness (QED) is 0.135. The van der Waals surface area contributed by atoms with E-state index in [0.717, 1.165) is 16.7 Å². The minimum absolute atomic E-state index is 0.0968. The van der Waals surface area contributed by atoms with Gasteiger partial charge in [-0.25, -0.2) is 15.0 Å². The van der Waals surface area contributed by atoms with Crippen LogP contribution >= 0.6 is 38.5 Å². The number of hydrogen-bond donors (Lipinski definition) is 1. The lowest BCUT2D eigenvalue weighted by molar-refractivity contribution is -0.137. The van der Waals surface area contributed by atoms with Crippen molar-refractivity contribution >= 4 is 72.8 Å². The fourth-order valence-corrected chi connectivity index (χ4v) is 5.41. The first-order valence-corrected chi connectivity index (χ1v) is 14.2. The summed E-state index contributed by atoms with van der Waals surface area (Å²) in [7, 11) is 0. The molecule has 0 aliphatic carbocycles. The van der Waals surface area contributed by atoms with Crippen LogP contribution in [0.15, 0.2) is 47.3 Å². The maximum atomic E-state index is 13.6. The first kappa shape index (κ1) is 27.3. The molecule has 0 spiro atoms. The zero-order chi connectivity index (χ0) is 27.8. The van der Waals surface area contributed by atoms with E-state index >= 15 is 0 Å². The van der Waals surface area contributed by atoms with Crippen LogP contribution in [0.5, 0.6) is 0 Å². The number of fused-ring (bicyclic) bond motifs is 1. The van der Waals surface area contributed by atoms with Crippen molar-refractivity contribution < 1.29 is 14.4 Å². The number of halogens is 2. The summed E-state index contributed by atoms with van der Waals surface area (Å²) in [5.74, 6) is -0.110. The molecule has 0 unspecified atom stereocenters. The number of carbonyl (C=O) groups is 3. The average Bonchev–Trinajstić information content (AvgIpc) is 3.47. The molecule has 12 heteroatoms. The molecular weight excluding hydrogens is 677 g/mol. The lowest BCUT2D eigenvalue weighted by Crippen LogP contribution is -2.44. The number of Topliss-reactive ketones (excluding diaryl/α,β-unsaturated/α-hetero) is 1. The number of carbonyl (C=O) groups excluding carboxylic acids is 3. The number of rotatable bonds is 6. The maximum Gasteiger partial charge on any atom is 0.248 e. The van der Waals surface area contributed by atoms with Crippen molar-refractivity contribution in [2.75, 3.05) is 11.9 Å². The molecule has 1 aliphatic rings. The standard InChI is InChI=1S/C27H25BrIN7O3/c1-14-8-21(26(39)33-25-15(2)4-7-22(28)32-25)35(12-14)23(38)13-36-20-6-5-17(18-10-30-27(29)31-11-18)9-19(20)24(34-36)16(3)37/h4-7,9-11,14,21H,8,12-13H2,1-3H3,(H,32,33,39)/t14-,21+/m1/s1. The number of anilines is 1. The number of ketones is 1. The number of amides is 2. The van der Waals surface area contributed by atoms with E-state index in [9.17, 15) is 14.4 Å². The Morgan fingerprint density at radius 2 is 1.87 bits per heavy atom. The highest BCUT2D eigenvalue weighted by Gasteiger charge is 2.38. The van der Waals surface area contributed by atoms with Gasteiger partial charge in [0.2, 0.25) is 11.8 Å². The Bertz CT molecular complexity index is 1610. The summed E-state index contributed by atoms with van der Waals surface area (Å²) in [4.78, 5) is 53.7. The van der Waals surface area contributed by atoms with E-state index in [1.807, 2.05) is 60.7 Å². The van der Waals surface area contributed by atoms with Crippen LogP contribution in [0.3, 0.4) is 0 Å². The van der Waals surface area contributed by atoms with Gasteiger partial charge in [-0.15, -0.1) is 0 Å². The van der Waals surface area contributed by atoms with Crippen LogP contribution < -0.4 is 5.32 Å². The van der Waals surface area contributed by atoms with E-state index in [-0.39, 0.29) is 35.8 Å². The predicted molar refractivity (Wildman–Crippen MR) is 158 cm³/mol. The lowest BCUT2D eigenvalue weighted by atomic mass is 10.0. The molecule has 1 saturated heterocycles. The van der Waals surface area contributed by atoms with Gasteiger partial charge in [0.25, 0.3) is 0 Å². The molecule has 1 aromatic carbocycles. The summed E-state index contributed by atoms with van der Waals surface area (Å²) in [5, 5.41) is 8.03. The third kappa shape index (κ3) is 5.71. The molecule has 39 heavy (non-hydrogen) atoms. The number of aryl methyl sites for hydroxylation is 1. The zero-order valence-electron chi connectivity index (χ0n) is 21.5. The summed E-state index contributed by atoms with van der Waals surface area (Å²) in [6, 6.07) is 8.64. The van der Waals surface area contributed by atoms with Gasteiger partial charge in [0, 0.05) is 59.4 Å². The third-order valence-corrected chi connectivity index (χ3v) is 7.76. The third-order valence-electron chi connectivity index (χ3n) is 6.76. The molecule has 4 heterocycles. The number of nitrogens with zero attached hydrogens (tertiary/aromatic N) is 6. The van der Waals surface area contributed by atoms with Crippen molar-refractivity contribution in [2.24, 2.45) is 5.92 Å². The first-order chi connectivity index (χ1) is 18.6. The summed E-state index contributed by atoms with van der Waals surface area (Å²) in [5.41, 5.74) is 3.42. The van der Waals surface area contributed by atoms with Crippen LogP contribution in [0.2, 0.25) is 0 Å². The molecule has 1 fully saturated rings. The predicted octanol–water partition coefficient (Wildman–Crippen LogP) is 4.64. The number of likely N-dealkylation sites (tertiary alicyclic amines) is 1. The fourth-order valence-electron chi connectivity index (χ4n) is 4.82. The van der Waals surface area contributed by atoms with Crippen LogP contribution in [-0.2, 0) is 16.1 Å².